The van der Waals surface area contributed by atoms with Crippen LogP contribution in [0.3, 0.4) is 0 Å². The van der Waals surface area contributed by atoms with Gasteiger partial charge in [-0.3, -0.25) is 0 Å². The highest BCUT2D eigenvalue weighted by Gasteiger charge is 2.33. The molecular weight excluding hydrogens is 448 g/mol. The summed E-state index contributed by atoms with van der Waals surface area (Å²) in [5, 5.41) is 0. The van der Waals surface area contributed by atoms with Crippen LogP contribution < -0.4 is 9.64 Å². The standard InChI is InChI=1S/C27H40N2O4S/c1-4-7-16-28(17-8-5-2)25-20-23(22-32-6-3)21-26(34(30,31)29-18-12-13-19-29)27(25)33-24-14-10-9-11-15-24/h9-11,14-15,20-21H,4-8,12-13,16-19,22H2,1-3H3. The van der Waals surface area contributed by atoms with Gasteiger partial charge in [0.05, 0.1) is 12.3 Å². The van der Waals surface area contributed by atoms with Gasteiger partial charge in [-0.2, -0.15) is 4.31 Å². The van der Waals surface area contributed by atoms with Crippen LogP contribution >= 0.6 is 0 Å². The van der Waals surface area contributed by atoms with Crippen LogP contribution in [0.2, 0.25) is 0 Å². The second kappa shape index (κ2) is 13.1. The minimum atomic E-state index is -3.71. The molecule has 0 spiro atoms. The lowest BCUT2D eigenvalue weighted by molar-refractivity contribution is 0.134. The maximum Gasteiger partial charge on any atom is 0.246 e. The Bertz CT molecular complexity index is 981. The van der Waals surface area contributed by atoms with Crippen LogP contribution in [0.15, 0.2) is 47.4 Å². The number of nitrogens with zero attached hydrogens (tertiary/aromatic N) is 2. The van der Waals surface area contributed by atoms with Crippen LogP contribution in [-0.2, 0) is 21.4 Å². The molecule has 0 atom stereocenters. The fraction of sp³-hybridized carbons (Fsp3) is 0.556. The Morgan fingerprint density at radius 1 is 0.941 bits per heavy atom. The monoisotopic (exact) mass is 488 g/mol. The summed E-state index contributed by atoms with van der Waals surface area (Å²) < 4.78 is 41.4. The lowest BCUT2D eigenvalue weighted by Crippen LogP contribution is -2.30. The van der Waals surface area contributed by atoms with Crippen molar-refractivity contribution < 1.29 is 17.9 Å². The molecule has 34 heavy (non-hydrogen) atoms. The number of benzene rings is 2. The topological polar surface area (TPSA) is 59.1 Å². The van der Waals surface area contributed by atoms with Gasteiger partial charge in [-0.05, 0) is 62.4 Å². The van der Waals surface area contributed by atoms with E-state index < -0.39 is 10.0 Å². The summed E-state index contributed by atoms with van der Waals surface area (Å²) >= 11 is 0. The summed E-state index contributed by atoms with van der Waals surface area (Å²) in [6.07, 6.45) is 5.96. The van der Waals surface area contributed by atoms with E-state index in [1.54, 1.807) is 10.4 Å². The van der Waals surface area contributed by atoms with Crippen molar-refractivity contribution in [2.45, 2.75) is 70.8 Å². The predicted molar refractivity (Wildman–Crippen MR) is 138 cm³/mol. The molecule has 7 heteroatoms. The first kappa shape index (κ1) is 26.5. The van der Waals surface area contributed by atoms with Gasteiger partial charge in [0.1, 0.15) is 10.6 Å². The molecule has 6 nitrogen and oxygen atoms in total. The van der Waals surface area contributed by atoms with Gasteiger partial charge >= 0.3 is 0 Å². The van der Waals surface area contributed by atoms with E-state index in [2.05, 4.69) is 24.8 Å². The van der Waals surface area contributed by atoms with Gasteiger partial charge < -0.3 is 14.4 Å². The van der Waals surface area contributed by atoms with Gasteiger partial charge in [0.25, 0.3) is 0 Å². The molecule has 2 aromatic rings. The van der Waals surface area contributed by atoms with Crippen LogP contribution in [0.4, 0.5) is 5.69 Å². The molecule has 1 saturated heterocycles. The summed E-state index contributed by atoms with van der Waals surface area (Å²) in [5.41, 5.74) is 1.69. The predicted octanol–water partition coefficient (Wildman–Crippen LogP) is 6.21. The number of hydrogen-bond acceptors (Lipinski definition) is 5. The molecular formula is C27H40N2O4S. The molecule has 1 fully saturated rings. The molecule has 0 N–H and O–H groups in total. The number of hydrogen-bond donors (Lipinski definition) is 0. The van der Waals surface area contributed by atoms with Crippen LogP contribution in [0.1, 0.15) is 64.9 Å². The Kier molecular flexibility index (Phi) is 10.2. The minimum Gasteiger partial charge on any atom is -0.454 e. The maximum atomic E-state index is 13.9. The van der Waals surface area contributed by atoms with E-state index >= 15 is 0 Å². The van der Waals surface area contributed by atoms with E-state index in [1.807, 2.05) is 37.3 Å². The zero-order valence-corrected chi connectivity index (χ0v) is 21.8. The van der Waals surface area contributed by atoms with E-state index in [1.165, 1.54) is 0 Å². The molecule has 1 aliphatic heterocycles. The van der Waals surface area contributed by atoms with Gasteiger partial charge in [-0.15, -0.1) is 0 Å². The van der Waals surface area contributed by atoms with Gasteiger partial charge in [-0.25, -0.2) is 8.42 Å². The molecule has 0 amide bonds. The first-order valence-corrected chi connectivity index (χ1v) is 14.2. The number of ether oxygens (including phenoxy) is 2. The summed E-state index contributed by atoms with van der Waals surface area (Å²) in [5.74, 6) is 1.05. The summed E-state index contributed by atoms with van der Waals surface area (Å²) in [4.78, 5) is 2.53. The molecule has 0 bridgehead atoms. The fourth-order valence-electron chi connectivity index (χ4n) is 4.20. The Labute approximate surface area is 205 Å². The van der Waals surface area contributed by atoms with Gasteiger partial charge in [0.2, 0.25) is 10.0 Å². The Morgan fingerprint density at radius 3 is 2.18 bits per heavy atom. The third-order valence-electron chi connectivity index (χ3n) is 6.12. The third kappa shape index (κ3) is 6.74. The highest BCUT2D eigenvalue weighted by atomic mass is 32.2. The maximum absolute atomic E-state index is 13.9. The Balaban J connectivity index is 2.19. The zero-order chi connectivity index (χ0) is 24.4. The minimum absolute atomic E-state index is 0.239. The van der Waals surface area contributed by atoms with Crippen LogP contribution in [0.25, 0.3) is 0 Å². The summed E-state index contributed by atoms with van der Waals surface area (Å²) in [6.45, 7) is 10.0. The van der Waals surface area contributed by atoms with E-state index in [9.17, 15) is 8.42 Å². The number of sulfonamides is 1. The molecule has 1 heterocycles. The first-order chi connectivity index (χ1) is 16.5. The van der Waals surface area contributed by atoms with Crippen molar-refractivity contribution in [2.75, 3.05) is 37.7 Å². The highest BCUT2D eigenvalue weighted by molar-refractivity contribution is 7.89. The van der Waals surface area contributed by atoms with E-state index in [4.69, 9.17) is 9.47 Å². The molecule has 0 aromatic heterocycles. The van der Waals surface area contributed by atoms with Crippen molar-refractivity contribution in [1.82, 2.24) is 4.31 Å². The second-order valence-electron chi connectivity index (χ2n) is 8.80. The normalized spacial score (nSPS) is 14.4. The fourth-order valence-corrected chi connectivity index (χ4v) is 5.90. The largest absolute Gasteiger partial charge is 0.454 e. The van der Waals surface area contributed by atoms with Crippen LogP contribution in [0.5, 0.6) is 11.5 Å². The average Bonchev–Trinajstić information content (AvgIpc) is 3.40. The van der Waals surface area contributed by atoms with Crippen molar-refractivity contribution in [3.8, 4) is 11.5 Å². The smallest absolute Gasteiger partial charge is 0.246 e. The highest BCUT2D eigenvalue weighted by Crippen LogP contribution is 2.41. The lowest BCUT2D eigenvalue weighted by Gasteiger charge is -2.29. The molecule has 2 aromatic carbocycles. The van der Waals surface area contributed by atoms with Crippen molar-refractivity contribution in [2.24, 2.45) is 0 Å². The zero-order valence-electron chi connectivity index (χ0n) is 21.0. The van der Waals surface area contributed by atoms with Crippen LogP contribution in [0, 0.1) is 0 Å². The van der Waals surface area contributed by atoms with Gasteiger partial charge in [0, 0.05) is 32.8 Å². The van der Waals surface area contributed by atoms with Crippen molar-refractivity contribution in [3.05, 3.63) is 48.0 Å². The molecule has 3 rings (SSSR count). The van der Waals surface area contributed by atoms with Gasteiger partial charge in [0.15, 0.2) is 5.75 Å². The van der Waals surface area contributed by atoms with Gasteiger partial charge in [-0.1, -0.05) is 44.9 Å². The quantitative estimate of drug-likeness (QED) is 0.317. The average molecular weight is 489 g/mol. The van der Waals surface area contributed by atoms with Crippen molar-refractivity contribution >= 4 is 15.7 Å². The molecule has 0 aliphatic carbocycles. The lowest BCUT2D eigenvalue weighted by atomic mass is 10.1. The number of anilines is 1. The Morgan fingerprint density at radius 2 is 1.59 bits per heavy atom. The first-order valence-electron chi connectivity index (χ1n) is 12.7. The second-order valence-corrected chi connectivity index (χ2v) is 10.7. The number of rotatable bonds is 14. The SMILES string of the molecule is CCCCN(CCCC)c1cc(COCC)cc(S(=O)(=O)N2CCCC2)c1Oc1ccccc1. The van der Waals surface area contributed by atoms with E-state index in [0.29, 0.717) is 37.8 Å². The molecule has 0 radical (unpaired) electrons. The molecule has 0 saturated carbocycles. The molecule has 0 unspecified atom stereocenters. The number of para-hydroxylation sites is 1. The van der Waals surface area contributed by atoms with E-state index in [-0.39, 0.29) is 4.90 Å². The van der Waals surface area contributed by atoms with Crippen molar-refractivity contribution in [1.29, 1.82) is 0 Å². The Hall–Kier alpha value is -2.09. The third-order valence-corrected chi connectivity index (χ3v) is 8.02. The summed E-state index contributed by atoms with van der Waals surface area (Å²) in [6, 6.07) is 13.3. The van der Waals surface area contributed by atoms with Crippen LogP contribution in [-0.4, -0.2) is 45.5 Å². The molecule has 1 aliphatic rings. The molecule has 188 valence electrons. The van der Waals surface area contributed by atoms with E-state index in [0.717, 1.165) is 62.9 Å². The number of unbranched alkanes of at least 4 members (excludes halogenated alkanes) is 2. The van der Waals surface area contributed by atoms with Crippen molar-refractivity contribution in [3.63, 3.8) is 0 Å². The summed E-state index contributed by atoms with van der Waals surface area (Å²) in [7, 11) is -3.71.